The zero-order valence-corrected chi connectivity index (χ0v) is 10.5. The molecular weight excluding hydrogens is 184 g/mol. The lowest BCUT2D eigenvalue weighted by Crippen LogP contribution is -2.41. The fourth-order valence-electron chi connectivity index (χ4n) is 1.99. The number of unbranched alkanes of at least 4 members (excludes halogenated alkanes) is 5. The Hall–Kier alpha value is -0.630. The van der Waals surface area contributed by atoms with Gasteiger partial charge in [-0.15, -0.1) is 0 Å². The molecule has 0 radical (unpaired) electrons. The molecule has 1 unspecified atom stereocenters. The topological polar surface area (TPSA) is 12.4 Å². The summed E-state index contributed by atoms with van der Waals surface area (Å²) in [6, 6.07) is 0. The molecule has 0 saturated heterocycles. The molecule has 0 saturated carbocycles. The lowest BCUT2D eigenvalue weighted by molar-refractivity contribution is -0.764. The quantitative estimate of drug-likeness (QED) is 0.448. The number of hydrogen-bond acceptors (Lipinski definition) is 1. The molecule has 1 aliphatic rings. The molecule has 0 bridgehead atoms. The number of quaternary nitrogens is 1. The summed E-state index contributed by atoms with van der Waals surface area (Å²) >= 11 is 0. The number of aliphatic imine (C=N–C) groups is 1. The Morgan fingerprint density at radius 3 is 2.40 bits per heavy atom. The van der Waals surface area contributed by atoms with Crippen LogP contribution in [0.1, 0.15) is 52.4 Å². The van der Waals surface area contributed by atoms with Gasteiger partial charge < -0.3 is 0 Å². The van der Waals surface area contributed by atoms with Crippen LogP contribution in [0.3, 0.4) is 0 Å². The average molecular weight is 209 g/mol. The van der Waals surface area contributed by atoms with Gasteiger partial charge >= 0.3 is 0 Å². The number of amidine groups is 1. The van der Waals surface area contributed by atoms with Crippen LogP contribution in [-0.2, 0) is 0 Å². The maximum Gasteiger partial charge on any atom is 0.204 e. The van der Waals surface area contributed by atoms with Crippen molar-refractivity contribution in [2.75, 3.05) is 13.6 Å². The van der Waals surface area contributed by atoms with Gasteiger partial charge in [-0.05, 0) is 12.8 Å². The van der Waals surface area contributed by atoms with Crippen LogP contribution in [0.5, 0.6) is 0 Å². The van der Waals surface area contributed by atoms with Crippen molar-refractivity contribution < 1.29 is 4.48 Å². The highest BCUT2D eigenvalue weighted by atomic mass is 15.4. The Labute approximate surface area is 94.3 Å². The smallest absolute Gasteiger partial charge is 0.204 e. The molecule has 15 heavy (non-hydrogen) atoms. The van der Waals surface area contributed by atoms with E-state index in [9.17, 15) is 0 Å². The zero-order chi connectivity index (χ0) is 11.1. The van der Waals surface area contributed by atoms with Gasteiger partial charge in [-0.25, -0.2) is 4.99 Å². The standard InChI is InChI=1S/C13H25N2/c1-4-5-6-7-8-9-11-15(3)12-10-14-13(15)2/h10,12H,4-9,11H2,1-3H3/q+1. The van der Waals surface area contributed by atoms with Gasteiger partial charge in [0, 0.05) is 6.92 Å². The third kappa shape index (κ3) is 3.78. The van der Waals surface area contributed by atoms with Crippen LogP contribution >= 0.6 is 0 Å². The molecule has 0 aromatic carbocycles. The fraction of sp³-hybridized carbons (Fsp3) is 0.769. The summed E-state index contributed by atoms with van der Waals surface area (Å²) in [5, 5.41) is 0. The van der Waals surface area contributed by atoms with Crippen LogP contribution in [-0.4, -0.2) is 23.9 Å². The van der Waals surface area contributed by atoms with Crippen LogP contribution in [0.15, 0.2) is 17.4 Å². The first-order valence-corrected chi connectivity index (χ1v) is 6.27. The van der Waals surface area contributed by atoms with E-state index >= 15 is 0 Å². The lowest BCUT2D eigenvalue weighted by Gasteiger charge is -2.25. The minimum atomic E-state index is 0.924. The molecule has 0 spiro atoms. The molecule has 1 aliphatic heterocycles. The molecule has 86 valence electrons. The molecule has 0 aliphatic carbocycles. The molecule has 1 atom stereocenters. The van der Waals surface area contributed by atoms with Gasteiger partial charge in [0.15, 0.2) is 0 Å². The SMILES string of the molecule is CCCCCCCC[N+]1(C)C=CN=C1C. The van der Waals surface area contributed by atoms with E-state index in [0.29, 0.717) is 0 Å². The molecule has 1 rings (SSSR count). The van der Waals surface area contributed by atoms with Crippen molar-refractivity contribution in [1.29, 1.82) is 0 Å². The third-order valence-corrected chi connectivity index (χ3v) is 3.37. The largest absolute Gasteiger partial charge is 0.254 e. The minimum Gasteiger partial charge on any atom is -0.254 e. The number of hydrogen-bond donors (Lipinski definition) is 0. The van der Waals surface area contributed by atoms with Crippen molar-refractivity contribution in [2.24, 2.45) is 4.99 Å². The maximum atomic E-state index is 4.33. The maximum absolute atomic E-state index is 4.33. The molecule has 0 amide bonds. The molecule has 0 aromatic heterocycles. The number of rotatable bonds is 7. The second kappa shape index (κ2) is 6.06. The van der Waals surface area contributed by atoms with E-state index in [1.807, 2.05) is 6.20 Å². The second-order valence-corrected chi connectivity index (χ2v) is 4.73. The van der Waals surface area contributed by atoms with Gasteiger partial charge in [-0.2, -0.15) is 0 Å². The predicted molar refractivity (Wildman–Crippen MR) is 66.7 cm³/mol. The summed E-state index contributed by atoms with van der Waals surface area (Å²) in [6.45, 7) is 5.59. The van der Waals surface area contributed by atoms with Crippen molar-refractivity contribution in [3.05, 3.63) is 12.4 Å². The average Bonchev–Trinajstić information content (AvgIpc) is 2.54. The molecule has 2 heteroatoms. The van der Waals surface area contributed by atoms with E-state index in [0.717, 1.165) is 4.48 Å². The van der Waals surface area contributed by atoms with E-state index < -0.39 is 0 Å². The van der Waals surface area contributed by atoms with Crippen molar-refractivity contribution in [3.63, 3.8) is 0 Å². The lowest BCUT2D eigenvalue weighted by atomic mass is 10.1. The van der Waals surface area contributed by atoms with Crippen molar-refractivity contribution in [1.82, 2.24) is 0 Å². The van der Waals surface area contributed by atoms with Crippen LogP contribution in [0.25, 0.3) is 0 Å². The Bertz CT molecular complexity index is 243. The van der Waals surface area contributed by atoms with Crippen LogP contribution in [0, 0.1) is 0 Å². The predicted octanol–water partition coefficient (Wildman–Crippen LogP) is 3.70. The summed E-state index contributed by atoms with van der Waals surface area (Å²) in [7, 11) is 2.24. The zero-order valence-electron chi connectivity index (χ0n) is 10.5. The van der Waals surface area contributed by atoms with Gasteiger partial charge in [0.1, 0.15) is 6.20 Å². The van der Waals surface area contributed by atoms with E-state index in [1.165, 1.54) is 50.9 Å². The Morgan fingerprint density at radius 2 is 1.80 bits per heavy atom. The Balaban J connectivity index is 2.10. The minimum absolute atomic E-state index is 0.924. The van der Waals surface area contributed by atoms with E-state index in [-0.39, 0.29) is 0 Å². The number of nitrogens with zero attached hydrogens (tertiary/aromatic N) is 2. The fourth-order valence-corrected chi connectivity index (χ4v) is 1.99. The molecule has 0 N–H and O–H groups in total. The second-order valence-electron chi connectivity index (χ2n) is 4.73. The summed E-state index contributed by atoms with van der Waals surface area (Å²) in [4.78, 5) is 4.33. The Morgan fingerprint density at radius 1 is 1.13 bits per heavy atom. The first-order valence-electron chi connectivity index (χ1n) is 6.27. The Kier molecular flexibility index (Phi) is 5.03. The van der Waals surface area contributed by atoms with E-state index in [2.05, 4.69) is 32.1 Å². The van der Waals surface area contributed by atoms with Crippen LogP contribution in [0.4, 0.5) is 0 Å². The van der Waals surface area contributed by atoms with E-state index in [1.54, 1.807) is 0 Å². The molecule has 0 fully saturated rings. The monoisotopic (exact) mass is 209 g/mol. The first kappa shape index (κ1) is 12.4. The normalized spacial score (nSPS) is 24.6. The van der Waals surface area contributed by atoms with Gasteiger partial charge in [0.05, 0.1) is 19.8 Å². The summed E-state index contributed by atoms with van der Waals surface area (Å²) < 4.78 is 0.924. The van der Waals surface area contributed by atoms with Gasteiger partial charge in [0.25, 0.3) is 0 Å². The molecule has 0 aromatic rings. The van der Waals surface area contributed by atoms with Gasteiger partial charge in [0.2, 0.25) is 5.84 Å². The highest BCUT2D eigenvalue weighted by Crippen LogP contribution is 2.16. The summed E-state index contributed by atoms with van der Waals surface area (Å²) in [6.07, 6.45) is 12.4. The highest BCUT2D eigenvalue weighted by molar-refractivity contribution is 5.75. The van der Waals surface area contributed by atoms with Gasteiger partial charge in [-0.3, -0.25) is 4.48 Å². The van der Waals surface area contributed by atoms with Crippen LogP contribution < -0.4 is 0 Å². The summed E-state index contributed by atoms with van der Waals surface area (Å²) in [5.74, 6) is 1.23. The van der Waals surface area contributed by atoms with Gasteiger partial charge in [-0.1, -0.05) is 32.6 Å². The third-order valence-electron chi connectivity index (χ3n) is 3.37. The summed E-state index contributed by atoms with van der Waals surface area (Å²) in [5.41, 5.74) is 0. The highest BCUT2D eigenvalue weighted by Gasteiger charge is 2.25. The van der Waals surface area contributed by atoms with Crippen molar-refractivity contribution in [2.45, 2.75) is 52.4 Å². The first-order chi connectivity index (χ1) is 7.19. The van der Waals surface area contributed by atoms with Crippen LogP contribution in [0.2, 0.25) is 0 Å². The molecular formula is C13H25N2+. The molecule has 2 nitrogen and oxygen atoms in total. The molecule has 1 heterocycles. The van der Waals surface area contributed by atoms with E-state index in [4.69, 9.17) is 0 Å². The van der Waals surface area contributed by atoms with Crippen molar-refractivity contribution >= 4 is 5.84 Å². The van der Waals surface area contributed by atoms with Crippen molar-refractivity contribution in [3.8, 4) is 0 Å².